The largest absolute Gasteiger partial charge is 0.387 e. The van der Waals surface area contributed by atoms with Crippen molar-refractivity contribution in [1.29, 1.82) is 0 Å². The normalized spacial score (nSPS) is 25.0. The summed E-state index contributed by atoms with van der Waals surface area (Å²) in [7, 11) is -2.21. The third-order valence-electron chi connectivity index (χ3n) is 4.93. The van der Waals surface area contributed by atoms with Crippen molar-refractivity contribution in [3.63, 3.8) is 0 Å². The van der Waals surface area contributed by atoms with Gasteiger partial charge < -0.3 is 35.5 Å². The van der Waals surface area contributed by atoms with E-state index in [2.05, 4.69) is 22.5 Å². The van der Waals surface area contributed by atoms with Gasteiger partial charge in [-0.2, -0.15) is 0 Å². The zero-order chi connectivity index (χ0) is 24.3. The Morgan fingerprint density at radius 2 is 1.88 bits per heavy atom. The number of aliphatic hydroxyl groups excluding tert-OH is 2. The first kappa shape index (κ1) is 24.7. The van der Waals surface area contributed by atoms with Crippen LogP contribution in [-0.4, -0.2) is 77.4 Å². The molecule has 5 N–H and O–H groups in total. The third-order valence-corrected chi connectivity index (χ3v) is 6.06. The molecule has 0 spiro atoms. The Bertz CT molecular complexity index is 1020. The first-order valence-corrected chi connectivity index (χ1v) is 12.9. The van der Waals surface area contributed by atoms with Gasteiger partial charge in [0.05, 0.1) is 13.7 Å². The van der Waals surface area contributed by atoms with Gasteiger partial charge in [-0.05, 0) is 37.1 Å². The Kier molecular flexibility index (Phi) is 7.38. The van der Waals surface area contributed by atoms with Crippen molar-refractivity contribution in [3.05, 3.63) is 54.4 Å². The minimum absolute atomic E-state index is 0.343. The summed E-state index contributed by atoms with van der Waals surface area (Å²) >= 11 is 0. The second-order valence-corrected chi connectivity index (χ2v) is 11.8. The Labute approximate surface area is 190 Å². The number of carbonyl (C=O) groups is 3. The molecule has 1 saturated heterocycles. The molecule has 178 valence electrons. The standard InChI is InChI=1S/C21H27N4O7P/c1-12-8-9-25(21(30)23-12)20-17(28)16(27)18(32-20)19(29)22-10-15(26)24-14-6-4-13(5-7-14)11-33(2,3)31/h4-9,16-18,20,27-28H,1,10-11H2,2-3H3,(H,22,29)(H,23,30)(H,24,26)/t16-,17+,18-,20+/m0/s1. The molecule has 2 heterocycles. The number of hydrogen-bond acceptors (Lipinski definition) is 7. The molecule has 12 heteroatoms. The van der Waals surface area contributed by atoms with E-state index in [9.17, 15) is 29.2 Å². The summed E-state index contributed by atoms with van der Waals surface area (Å²) in [5.74, 6) is -1.34. The quantitative estimate of drug-likeness (QED) is 0.354. The summed E-state index contributed by atoms with van der Waals surface area (Å²) in [4.78, 5) is 37.7. The van der Waals surface area contributed by atoms with E-state index in [-0.39, 0.29) is 0 Å². The van der Waals surface area contributed by atoms with Crippen molar-refractivity contribution in [2.45, 2.75) is 30.7 Å². The number of nitrogens with one attached hydrogen (secondary N) is 3. The maximum absolute atomic E-state index is 12.4. The molecule has 0 aliphatic carbocycles. The maximum atomic E-state index is 12.4. The number of hydrogen-bond donors (Lipinski definition) is 5. The molecule has 1 fully saturated rings. The first-order chi connectivity index (χ1) is 15.4. The minimum atomic E-state index is -2.21. The molecule has 33 heavy (non-hydrogen) atoms. The van der Waals surface area contributed by atoms with Crippen molar-refractivity contribution in [3.8, 4) is 0 Å². The van der Waals surface area contributed by atoms with Gasteiger partial charge in [-0.25, -0.2) is 4.79 Å². The van der Waals surface area contributed by atoms with E-state index in [1.165, 1.54) is 12.3 Å². The fourth-order valence-corrected chi connectivity index (χ4v) is 4.48. The van der Waals surface area contributed by atoms with Crippen LogP contribution in [0.2, 0.25) is 0 Å². The molecular weight excluding hydrogens is 451 g/mol. The number of ether oxygens (including phenoxy) is 1. The second kappa shape index (κ2) is 9.88. The van der Waals surface area contributed by atoms with E-state index in [1.54, 1.807) is 37.6 Å². The lowest BCUT2D eigenvalue weighted by Crippen LogP contribution is -2.49. The van der Waals surface area contributed by atoms with Gasteiger partial charge in [0, 0.05) is 23.7 Å². The fourth-order valence-electron chi connectivity index (χ4n) is 3.39. The van der Waals surface area contributed by atoms with E-state index in [1.807, 2.05) is 0 Å². The van der Waals surface area contributed by atoms with Crippen LogP contribution in [0.25, 0.3) is 0 Å². The molecule has 1 aromatic carbocycles. The molecule has 0 bridgehead atoms. The average molecular weight is 478 g/mol. The van der Waals surface area contributed by atoms with Crippen LogP contribution < -0.4 is 16.0 Å². The predicted molar refractivity (Wildman–Crippen MR) is 121 cm³/mol. The number of allylic oxidation sites excluding steroid dienone is 1. The smallest absolute Gasteiger partial charge is 0.328 e. The number of amides is 4. The number of rotatable bonds is 7. The second-order valence-electron chi connectivity index (χ2n) is 8.30. The highest BCUT2D eigenvalue weighted by Crippen LogP contribution is 2.40. The maximum Gasteiger partial charge on any atom is 0.328 e. The van der Waals surface area contributed by atoms with Gasteiger partial charge in [0.15, 0.2) is 12.3 Å². The number of carbonyl (C=O) groups excluding carboxylic acids is 3. The van der Waals surface area contributed by atoms with Gasteiger partial charge in [0.1, 0.15) is 12.2 Å². The van der Waals surface area contributed by atoms with E-state index in [4.69, 9.17) is 4.74 Å². The van der Waals surface area contributed by atoms with Crippen LogP contribution in [-0.2, 0) is 25.1 Å². The lowest BCUT2D eigenvalue weighted by Gasteiger charge is -2.29. The Balaban J connectivity index is 1.52. The summed E-state index contributed by atoms with van der Waals surface area (Å²) in [6.07, 6.45) is -2.69. The monoisotopic (exact) mass is 478 g/mol. The number of aliphatic hydroxyl groups is 2. The lowest BCUT2D eigenvalue weighted by molar-refractivity contribution is -0.139. The minimum Gasteiger partial charge on any atom is -0.387 e. The highest BCUT2D eigenvalue weighted by Gasteiger charge is 2.49. The summed E-state index contributed by atoms with van der Waals surface area (Å²) in [5, 5.41) is 27.9. The zero-order valence-corrected chi connectivity index (χ0v) is 19.1. The summed E-state index contributed by atoms with van der Waals surface area (Å²) < 4.78 is 17.3. The van der Waals surface area contributed by atoms with Gasteiger partial charge in [0.25, 0.3) is 5.91 Å². The van der Waals surface area contributed by atoms with Crippen molar-refractivity contribution in [1.82, 2.24) is 15.5 Å². The van der Waals surface area contributed by atoms with Crippen molar-refractivity contribution >= 4 is 30.7 Å². The van der Waals surface area contributed by atoms with E-state index in [0.29, 0.717) is 17.5 Å². The Morgan fingerprint density at radius 3 is 2.48 bits per heavy atom. The first-order valence-electron chi connectivity index (χ1n) is 10.1. The van der Waals surface area contributed by atoms with Crippen LogP contribution >= 0.6 is 7.14 Å². The number of benzene rings is 1. The topological polar surface area (TPSA) is 157 Å². The van der Waals surface area contributed by atoms with Crippen molar-refractivity contribution in [2.75, 3.05) is 25.2 Å². The highest BCUT2D eigenvalue weighted by atomic mass is 31.2. The predicted octanol–water partition coefficient (Wildman–Crippen LogP) is 0.363. The number of anilines is 1. The zero-order valence-electron chi connectivity index (χ0n) is 18.2. The molecule has 0 saturated carbocycles. The fraction of sp³-hybridized carbons (Fsp3) is 0.381. The molecular formula is C21H27N4O7P. The molecule has 2 aliphatic rings. The molecule has 0 unspecified atom stereocenters. The Morgan fingerprint density at radius 1 is 1.21 bits per heavy atom. The van der Waals surface area contributed by atoms with Crippen LogP contribution in [0.1, 0.15) is 5.56 Å². The van der Waals surface area contributed by atoms with Crippen LogP contribution in [0.15, 0.2) is 48.8 Å². The summed E-state index contributed by atoms with van der Waals surface area (Å²) in [6.45, 7) is 6.58. The molecule has 4 amide bonds. The van der Waals surface area contributed by atoms with Crippen LogP contribution in [0, 0.1) is 0 Å². The molecule has 0 radical (unpaired) electrons. The highest BCUT2D eigenvalue weighted by molar-refractivity contribution is 7.61. The van der Waals surface area contributed by atoms with Gasteiger partial charge >= 0.3 is 6.03 Å². The third kappa shape index (κ3) is 6.29. The van der Waals surface area contributed by atoms with Crippen molar-refractivity contribution in [2.24, 2.45) is 0 Å². The van der Waals surface area contributed by atoms with E-state index >= 15 is 0 Å². The Hall–Kier alpha value is -2.98. The van der Waals surface area contributed by atoms with Gasteiger partial charge in [0.2, 0.25) is 5.91 Å². The van der Waals surface area contributed by atoms with Crippen LogP contribution in [0.3, 0.4) is 0 Å². The van der Waals surface area contributed by atoms with Gasteiger partial charge in [-0.1, -0.05) is 18.7 Å². The van der Waals surface area contributed by atoms with Crippen LogP contribution in [0.5, 0.6) is 0 Å². The molecule has 3 rings (SSSR count). The van der Waals surface area contributed by atoms with Crippen LogP contribution in [0.4, 0.5) is 10.5 Å². The summed E-state index contributed by atoms with van der Waals surface area (Å²) in [5.41, 5.74) is 1.73. The molecule has 11 nitrogen and oxygen atoms in total. The molecule has 1 aromatic rings. The average Bonchev–Trinajstić information content (AvgIpc) is 3.01. The molecule has 2 aliphatic heterocycles. The summed E-state index contributed by atoms with van der Waals surface area (Å²) in [6, 6.07) is 6.23. The van der Waals surface area contributed by atoms with E-state index in [0.717, 1.165) is 10.5 Å². The van der Waals surface area contributed by atoms with E-state index < -0.39 is 56.1 Å². The molecule has 4 atom stereocenters. The molecule has 0 aromatic heterocycles. The number of nitrogens with zero attached hydrogens (tertiary/aromatic N) is 1. The number of urea groups is 1. The van der Waals surface area contributed by atoms with Crippen molar-refractivity contribution < 1.29 is 33.9 Å². The SMILES string of the molecule is C=C1C=CN([C@@H]2O[C@H](C(=O)NCC(=O)Nc3ccc(CP(C)(C)=O)cc3)[C@@H](O)[C@H]2O)C(=O)N1. The van der Waals surface area contributed by atoms with Gasteiger partial charge in [-0.3, -0.25) is 14.5 Å². The van der Waals surface area contributed by atoms with Gasteiger partial charge in [-0.15, -0.1) is 0 Å². The lowest BCUT2D eigenvalue weighted by atomic mass is 10.1.